The van der Waals surface area contributed by atoms with Gasteiger partial charge in [-0.15, -0.1) is 0 Å². The number of methoxy groups -OCH3 is 1. The van der Waals surface area contributed by atoms with Gasteiger partial charge < -0.3 is 15.4 Å². The summed E-state index contributed by atoms with van der Waals surface area (Å²) in [6.45, 7) is 0. The molecular formula is C21H17N3O2. The highest BCUT2D eigenvalue weighted by atomic mass is 16.5. The second kappa shape index (κ2) is 7.86. The first-order valence-corrected chi connectivity index (χ1v) is 8.01. The SMILES string of the molecule is COc1ccc(Nc2ccccc2C(=O)Nc2cccc(C#N)c2)cc1. The van der Waals surface area contributed by atoms with E-state index in [0.29, 0.717) is 22.5 Å². The van der Waals surface area contributed by atoms with Crippen LogP contribution in [0.15, 0.2) is 72.8 Å². The molecule has 0 aliphatic carbocycles. The van der Waals surface area contributed by atoms with Gasteiger partial charge in [0.2, 0.25) is 0 Å². The van der Waals surface area contributed by atoms with Crippen LogP contribution in [0.3, 0.4) is 0 Å². The number of carbonyl (C=O) groups excluding carboxylic acids is 1. The Morgan fingerprint density at radius 2 is 1.73 bits per heavy atom. The van der Waals surface area contributed by atoms with Crippen LogP contribution < -0.4 is 15.4 Å². The van der Waals surface area contributed by atoms with Crippen LogP contribution in [0.25, 0.3) is 0 Å². The number of hydrogen-bond acceptors (Lipinski definition) is 4. The van der Waals surface area contributed by atoms with Gasteiger partial charge in [0.15, 0.2) is 0 Å². The first-order valence-electron chi connectivity index (χ1n) is 8.01. The number of hydrogen-bond donors (Lipinski definition) is 2. The fourth-order valence-electron chi connectivity index (χ4n) is 2.48. The molecule has 0 aliphatic rings. The molecule has 128 valence electrons. The predicted octanol–water partition coefficient (Wildman–Crippen LogP) is 4.56. The number of nitrogens with one attached hydrogen (secondary N) is 2. The summed E-state index contributed by atoms with van der Waals surface area (Å²) < 4.78 is 5.15. The second-order valence-corrected chi connectivity index (χ2v) is 5.55. The molecule has 26 heavy (non-hydrogen) atoms. The Hall–Kier alpha value is -3.78. The molecule has 3 rings (SSSR count). The second-order valence-electron chi connectivity index (χ2n) is 5.55. The normalized spacial score (nSPS) is 9.85. The third kappa shape index (κ3) is 4.00. The maximum absolute atomic E-state index is 12.7. The zero-order valence-corrected chi connectivity index (χ0v) is 14.2. The Morgan fingerprint density at radius 1 is 0.962 bits per heavy atom. The van der Waals surface area contributed by atoms with Crippen molar-refractivity contribution in [3.8, 4) is 11.8 Å². The number of nitrogens with zero attached hydrogens (tertiary/aromatic N) is 1. The van der Waals surface area contributed by atoms with Gasteiger partial charge in [-0.25, -0.2) is 0 Å². The van der Waals surface area contributed by atoms with E-state index in [4.69, 9.17) is 10.00 Å². The van der Waals surface area contributed by atoms with Gasteiger partial charge in [-0.1, -0.05) is 18.2 Å². The molecule has 3 aromatic carbocycles. The first kappa shape index (κ1) is 17.1. The maximum Gasteiger partial charge on any atom is 0.257 e. The molecule has 3 aromatic rings. The predicted molar refractivity (Wildman–Crippen MR) is 102 cm³/mol. The van der Waals surface area contributed by atoms with Crippen molar-refractivity contribution in [1.29, 1.82) is 5.26 Å². The number of benzene rings is 3. The number of ether oxygens (including phenoxy) is 1. The summed E-state index contributed by atoms with van der Waals surface area (Å²) in [5.74, 6) is 0.510. The van der Waals surface area contributed by atoms with E-state index in [1.54, 1.807) is 43.5 Å². The van der Waals surface area contributed by atoms with Gasteiger partial charge in [0.05, 0.1) is 30.0 Å². The van der Waals surface area contributed by atoms with Crippen molar-refractivity contribution in [2.24, 2.45) is 0 Å². The summed E-state index contributed by atoms with van der Waals surface area (Å²) >= 11 is 0. The zero-order chi connectivity index (χ0) is 18.4. The van der Waals surface area contributed by atoms with E-state index in [9.17, 15) is 4.79 Å². The van der Waals surface area contributed by atoms with Crippen LogP contribution in [0.5, 0.6) is 5.75 Å². The molecule has 1 amide bonds. The fourth-order valence-corrected chi connectivity index (χ4v) is 2.48. The quantitative estimate of drug-likeness (QED) is 0.712. The van der Waals surface area contributed by atoms with E-state index in [0.717, 1.165) is 11.4 Å². The highest BCUT2D eigenvalue weighted by Crippen LogP contribution is 2.24. The van der Waals surface area contributed by atoms with Crippen molar-refractivity contribution >= 4 is 23.0 Å². The Morgan fingerprint density at radius 3 is 2.46 bits per heavy atom. The molecule has 0 heterocycles. The lowest BCUT2D eigenvalue weighted by Crippen LogP contribution is -2.13. The standard InChI is InChI=1S/C21H17N3O2/c1-26-18-11-9-16(10-12-18)23-20-8-3-2-7-19(20)21(25)24-17-6-4-5-15(13-17)14-22/h2-13,23H,1H3,(H,24,25). The van der Waals surface area contributed by atoms with Gasteiger partial charge in [0.25, 0.3) is 5.91 Å². The molecule has 0 saturated heterocycles. The minimum absolute atomic E-state index is 0.253. The largest absolute Gasteiger partial charge is 0.497 e. The van der Waals surface area contributed by atoms with E-state index >= 15 is 0 Å². The van der Waals surface area contributed by atoms with Gasteiger partial charge in [0, 0.05) is 11.4 Å². The molecule has 0 bridgehead atoms. The Bertz CT molecular complexity index is 959. The molecule has 0 fully saturated rings. The van der Waals surface area contributed by atoms with Crippen molar-refractivity contribution in [3.63, 3.8) is 0 Å². The smallest absolute Gasteiger partial charge is 0.257 e. The van der Waals surface area contributed by atoms with Crippen LogP contribution in [0.4, 0.5) is 17.1 Å². The van der Waals surface area contributed by atoms with E-state index in [1.807, 2.05) is 36.4 Å². The lowest BCUT2D eigenvalue weighted by molar-refractivity contribution is 0.102. The highest BCUT2D eigenvalue weighted by molar-refractivity contribution is 6.08. The average molecular weight is 343 g/mol. The first-order chi connectivity index (χ1) is 12.7. The minimum Gasteiger partial charge on any atom is -0.497 e. The summed E-state index contributed by atoms with van der Waals surface area (Å²) in [6.07, 6.45) is 0. The third-order valence-corrected chi connectivity index (χ3v) is 3.79. The zero-order valence-electron chi connectivity index (χ0n) is 14.2. The molecule has 0 atom stereocenters. The van der Waals surface area contributed by atoms with Crippen molar-refractivity contribution in [3.05, 3.63) is 83.9 Å². The third-order valence-electron chi connectivity index (χ3n) is 3.79. The molecule has 2 N–H and O–H groups in total. The number of carbonyl (C=O) groups is 1. The summed E-state index contributed by atoms with van der Waals surface area (Å²) in [6, 6.07) is 23.6. The van der Waals surface area contributed by atoms with Crippen LogP contribution in [0.2, 0.25) is 0 Å². The maximum atomic E-state index is 12.7. The average Bonchev–Trinajstić information content (AvgIpc) is 2.69. The van der Waals surface area contributed by atoms with E-state index in [-0.39, 0.29) is 5.91 Å². The van der Waals surface area contributed by atoms with Crippen LogP contribution in [0, 0.1) is 11.3 Å². The van der Waals surface area contributed by atoms with Crippen LogP contribution in [0.1, 0.15) is 15.9 Å². The van der Waals surface area contributed by atoms with Gasteiger partial charge >= 0.3 is 0 Å². The number of anilines is 3. The van der Waals surface area contributed by atoms with Gasteiger partial charge in [-0.2, -0.15) is 5.26 Å². The fraction of sp³-hybridized carbons (Fsp3) is 0.0476. The molecule has 0 unspecified atom stereocenters. The molecule has 0 radical (unpaired) electrons. The summed E-state index contributed by atoms with van der Waals surface area (Å²) in [7, 11) is 1.61. The van der Waals surface area contributed by atoms with Crippen LogP contribution in [-0.2, 0) is 0 Å². The van der Waals surface area contributed by atoms with Gasteiger partial charge in [-0.05, 0) is 54.6 Å². The van der Waals surface area contributed by atoms with Gasteiger partial charge in [-0.3, -0.25) is 4.79 Å². The van der Waals surface area contributed by atoms with Gasteiger partial charge in [0.1, 0.15) is 5.75 Å². The van der Waals surface area contributed by atoms with Crippen molar-refractivity contribution in [2.45, 2.75) is 0 Å². The number of amides is 1. The minimum atomic E-state index is -0.253. The summed E-state index contributed by atoms with van der Waals surface area (Å²) in [4.78, 5) is 12.7. The molecule has 5 nitrogen and oxygen atoms in total. The molecular weight excluding hydrogens is 326 g/mol. The lowest BCUT2D eigenvalue weighted by atomic mass is 10.1. The molecule has 5 heteroatoms. The highest BCUT2D eigenvalue weighted by Gasteiger charge is 2.12. The topological polar surface area (TPSA) is 74.2 Å². The molecule has 0 aliphatic heterocycles. The Balaban J connectivity index is 1.81. The number of nitriles is 1. The van der Waals surface area contributed by atoms with Crippen LogP contribution >= 0.6 is 0 Å². The van der Waals surface area contributed by atoms with Crippen LogP contribution in [-0.4, -0.2) is 13.0 Å². The molecule has 0 saturated carbocycles. The summed E-state index contributed by atoms with van der Waals surface area (Å²) in [5.41, 5.74) is 3.11. The van der Waals surface area contributed by atoms with E-state index in [1.165, 1.54) is 0 Å². The Kier molecular flexibility index (Phi) is 5.16. The van der Waals surface area contributed by atoms with E-state index in [2.05, 4.69) is 16.7 Å². The molecule has 0 aromatic heterocycles. The summed E-state index contributed by atoms with van der Waals surface area (Å²) in [5, 5.41) is 15.0. The Labute approximate surface area is 151 Å². The van der Waals surface area contributed by atoms with Crippen molar-refractivity contribution in [1.82, 2.24) is 0 Å². The number of para-hydroxylation sites is 1. The lowest BCUT2D eigenvalue weighted by Gasteiger charge is -2.13. The molecule has 0 spiro atoms. The monoisotopic (exact) mass is 343 g/mol. The number of rotatable bonds is 5. The van der Waals surface area contributed by atoms with Crippen molar-refractivity contribution < 1.29 is 9.53 Å². The van der Waals surface area contributed by atoms with E-state index < -0.39 is 0 Å². The van der Waals surface area contributed by atoms with Crippen molar-refractivity contribution in [2.75, 3.05) is 17.7 Å².